The highest BCUT2D eigenvalue weighted by atomic mass is 35.5. The lowest BCUT2D eigenvalue weighted by Crippen LogP contribution is -1.99. The average molecular weight is 255 g/mol. The van der Waals surface area contributed by atoms with Crippen LogP contribution >= 0.6 is 11.6 Å². The molecule has 2 aromatic rings. The molecule has 2 rings (SSSR count). The third kappa shape index (κ3) is 2.06. The van der Waals surface area contributed by atoms with Crippen molar-refractivity contribution in [3.8, 4) is 0 Å². The number of hydrogen-bond acceptors (Lipinski definition) is 2. The molecule has 0 amide bonds. The van der Waals surface area contributed by atoms with Crippen LogP contribution in [0.5, 0.6) is 0 Å². The Morgan fingerprint density at radius 2 is 1.75 bits per heavy atom. The molecule has 0 saturated heterocycles. The standard InChI is InChI=1S/C12H11ClO2S/c1-8-5-9-3-4-11(13)6-10(9)7-12(8)16(2,14)15/h3-7H,1-2H3. The maximum atomic E-state index is 11.5. The van der Waals surface area contributed by atoms with Gasteiger partial charge in [-0.15, -0.1) is 0 Å². The molecule has 2 aromatic carbocycles. The number of hydrogen-bond donors (Lipinski definition) is 0. The SMILES string of the molecule is Cc1cc2ccc(Cl)cc2cc1S(C)(=O)=O. The van der Waals surface area contributed by atoms with Gasteiger partial charge in [0.1, 0.15) is 0 Å². The van der Waals surface area contributed by atoms with Crippen LogP contribution in [0.1, 0.15) is 5.56 Å². The number of halogens is 1. The summed E-state index contributed by atoms with van der Waals surface area (Å²) in [7, 11) is -3.18. The summed E-state index contributed by atoms with van der Waals surface area (Å²) in [5.41, 5.74) is 0.761. The molecule has 16 heavy (non-hydrogen) atoms. The Labute approximate surface area is 99.8 Å². The Bertz CT molecular complexity index is 660. The molecule has 4 heteroatoms. The largest absolute Gasteiger partial charge is 0.224 e. The van der Waals surface area contributed by atoms with E-state index >= 15 is 0 Å². The van der Waals surface area contributed by atoms with Crippen LogP contribution in [0.3, 0.4) is 0 Å². The molecule has 84 valence electrons. The zero-order valence-corrected chi connectivity index (χ0v) is 10.6. The molecule has 0 radical (unpaired) electrons. The topological polar surface area (TPSA) is 34.1 Å². The Balaban J connectivity index is 2.84. The van der Waals surface area contributed by atoms with Gasteiger partial charge in [-0.1, -0.05) is 23.7 Å². The van der Waals surface area contributed by atoms with Gasteiger partial charge in [-0.25, -0.2) is 8.42 Å². The molecule has 2 nitrogen and oxygen atoms in total. The monoisotopic (exact) mass is 254 g/mol. The third-order valence-corrected chi connectivity index (χ3v) is 3.97. The minimum atomic E-state index is -3.18. The summed E-state index contributed by atoms with van der Waals surface area (Å²) >= 11 is 5.88. The first-order valence-corrected chi connectivity index (χ1v) is 7.05. The molecular formula is C12H11ClO2S. The number of fused-ring (bicyclic) bond motifs is 1. The average Bonchev–Trinajstić information content (AvgIpc) is 2.16. The van der Waals surface area contributed by atoms with Crippen LogP contribution in [0.2, 0.25) is 5.02 Å². The van der Waals surface area contributed by atoms with Crippen LogP contribution in [0.4, 0.5) is 0 Å². The van der Waals surface area contributed by atoms with Crippen LogP contribution in [-0.2, 0) is 9.84 Å². The van der Waals surface area contributed by atoms with Crippen molar-refractivity contribution in [3.05, 3.63) is 40.9 Å². The Hall–Kier alpha value is -1.06. The Morgan fingerprint density at radius 3 is 2.38 bits per heavy atom. The summed E-state index contributed by atoms with van der Waals surface area (Å²) in [6, 6.07) is 8.99. The van der Waals surface area contributed by atoms with Crippen molar-refractivity contribution in [2.24, 2.45) is 0 Å². The fourth-order valence-electron chi connectivity index (χ4n) is 1.76. The normalized spacial score (nSPS) is 11.9. The van der Waals surface area contributed by atoms with Crippen LogP contribution in [0.15, 0.2) is 35.2 Å². The summed E-state index contributed by atoms with van der Waals surface area (Å²) in [4.78, 5) is 0.363. The van der Waals surface area contributed by atoms with Crippen LogP contribution in [-0.4, -0.2) is 14.7 Å². The van der Waals surface area contributed by atoms with Gasteiger partial charge in [-0.2, -0.15) is 0 Å². The predicted molar refractivity (Wildman–Crippen MR) is 66.8 cm³/mol. The van der Waals surface area contributed by atoms with Crippen molar-refractivity contribution < 1.29 is 8.42 Å². The van der Waals surface area contributed by atoms with Gasteiger partial charge in [0.25, 0.3) is 0 Å². The summed E-state index contributed by atoms with van der Waals surface area (Å²) < 4.78 is 23.1. The van der Waals surface area contributed by atoms with Gasteiger partial charge in [0, 0.05) is 11.3 Å². The molecule has 0 aliphatic rings. The van der Waals surface area contributed by atoms with E-state index in [1.165, 1.54) is 6.26 Å². The van der Waals surface area contributed by atoms with Gasteiger partial charge >= 0.3 is 0 Å². The van der Waals surface area contributed by atoms with Gasteiger partial charge in [-0.05, 0) is 41.5 Å². The van der Waals surface area contributed by atoms with Crippen LogP contribution in [0, 0.1) is 6.92 Å². The number of sulfone groups is 1. The highest BCUT2D eigenvalue weighted by molar-refractivity contribution is 7.90. The Kier molecular flexibility index (Phi) is 2.68. The van der Waals surface area contributed by atoms with Crippen molar-refractivity contribution in [2.75, 3.05) is 6.26 Å². The summed E-state index contributed by atoms with van der Waals surface area (Å²) in [5.74, 6) is 0. The van der Waals surface area contributed by atoms with Crippen molar-refractivity contribution in [3.63, 3.8) is 0 Å². The molecule has 0 unspecified atom stereocenters. The fraction of sp³-hybridized carbons (Fsp3) is 0.167. The van der Waals surface area contributed by atoms with E-state index in [2.05, 4.69) is 0 Å². The minimum absolute atomic E-state index is 0.363. The number of benzene rings is 2. The lowest BCUT2D eigenvalue weighted by Gasteiger charge is -2.06. The second-order valence-corrected chi connectivity index (χ2v) is 6.30. The quantitative estimate of drug-likeness (QED) is 0.783. The van der Waals surface area contributed by atoms with Crippen molar-refractivity contribution >= 4 is 32.2 Å². The maximum absolute atomic E-state index is 11.5. The van der Waals surface area contributed by atoms with E-state index in [0.717, 1.165) is 16.3 Å². The fourth-order valence-corrected chi connectivity index (χ4v) is 2.93. The highest BCUT2D eigenvalue weighted by Crippen LogP contribution is 2.25. The van der Waals surface area contributed by atoms with Crippen molar-refractivity contribution in [1.29, 1.82) is 0 Å². The molecule has 0 N–H and O–H groups in total. The van der Waals surface area contributed by atoms with Crippen LogP contribution in [0.25, 0.3) is 10.8 Å². The Morgan fingerprint density at radius 1 is 1.06 bits per heavy atom. The van der Waals surface area contributed by atoms with Crippen molar-refractivity contribution in [2.45, 2.75) is 11.8 Å². The van der Waals surface area contributed by atoms with E-state index in [-0.39, 0.29) is 0 Å². The summed E-state index contributed by atoms with van der Waals surface area (Å²) in [6.07, 6.45) is 1.21. The zero-order chi connectivity index (χ0) is 11.9. The van der Waals surface area contributed by atoms with Gasteiger partial charge in [-0.3, -0.25) is 0 Å². The number of aryl methyl sites for hydroxylation is 1. The molecule has 0 saturated carbocycles. The first kappa shape index (κ1) is 11.4. The molecule has 0 aliphatic carbocycles. The summed E-state index contributed by atoms with van der Waals surface area (Å²) in [6.45, 7) is 1.80. The molecule has 0 atom stereocenters. The van der Waals surface area contributed by atoms with Crippen LogP contribution < -0.4 is 0 Å². The van der Waals surface area contributed by atoms with Gasteiger partial charge < -0.3 is 0 Å². The summed E-state index contributed by atoms with van der Waals surface area (Å²) in [5, 5.41) is 2.45. The molecule has 0 aromatic heterocycles. The smallest absolute Gasteiger partial charge is 0.175 e. The highest BCUT2D eigenvalue weighted by Gasteiger charge is 2.11. The van der Waals surface area contributed by atoms with Gasteiger partial charge in [0.15, 0.2) is 9.84 Å². The van der Waals surface area contributed by atoms with E-state index < -0.39 is 9.84 Å². The molecule has 0 fully saturated rings. The van der Waals surface area contributed by atoms with E-state index in [0.29, 0.717) is 9.92 Å². The zero-order valence-electron chi connectivity index (χ0n) is 8.99. The maximum Gasteiger partial charge on any atom is 0.175 e. The first-order valence-electron chi connectivity index (χ1n) is 4.78. The lowest BCUT2D eigenvalue weighted by atomic mass is 10.1. The van der Waals surface area contributed by atoms with E-state index in [9.17, 15) is 8.42 Å². The van der Waals surface area contributed by atoms with Gasteiger partial charge in [0.2, 0.25) is 0 Å². The minimum Gasteiger partial charge on any atom is -0.224 e. The number of rotatable bonds is 1. The second-order valence-electron chi connectivity index (χ2n) is 3.88. The van der Waals surface area contributed by atoms with Gasteiger partial charge in [0.05, 0.1) is 4.90 Å². The first-order chi connectivity index (χ1) is 7.38. The second kappa shape index (κ2) is 3.75. The predicted octanol–water partition coefficient (Wildman–Crippen LogP) is 3.21. The van der Waals surface area contributed by atoms with E-state index in [1.807, 2.05) is 12.1 Å². The molecular weight excluding hydrogens is 244 g/mol. The molecule has 0 aliphatic heterocycles. The molecule has 0 bridgehead atoms. The molecule has 0 heterocycles. The van der Waals surface area contributed by atoms with E-state index in [4.69, 9.17) is 11.6 Å². The molecule has 0 spiro atoms. The third-order valence-electron chi connectivity index (χ3n) is 2.50. The lowest BCUT2D eigenvalue weighted by molar-refractivity contribution is 0.601. The van der Waals surface area contributed by atoms with Crippen molar-refractivity contribution in [1.82, 2.24) is 0 Å². The van der Waals surface area contributed by atoms with E-state index in [1.54, 1.807) is 25.1 Å².